The van der Waals surface area contributed by atoms with Crippen molar-refractivity contribution in [2.45, 2.75) is 12.1 Å². The zero-order chi connectivity index (χ0) is 14.0. The summed E-state index contributed by atoms with van der Waals surface area (Å²) in [6.45, 7) is 3.06. The number of hydrogen-bond acceptors (Lipinski definition) is 6. The first-order valence-electron chi connectivity index (χ1n) is 6.49. The molecule has 7 nitrogen and oxygen atoms in total. The van der Waals surface area contributed by atoms with Crippen LogP contribution in [-0.2, 0) is 7.05 Å². The summed E-state index contributed by atoms with van der Waals surface area (Å²) in [7, 11) is 7.83. The number of aromatic nitrogens is 2. The van der Waals surface area contributed by atoms with Crippen molar-refractivity contribution < 1.29 is 4.74 Å². The second kappa shape index (κ2) is 5.87. The van der Waals surface area contributed by atoms with Gasteiger partial charge in [-0.2, -0.15) is 5.10 Å². The Hall–Kier alpha value is -1.15. The van der Waals surface area contributed by atoms with E-state index in [1.165, 1.54) is 0 Å². The summed E-state index contributed by atoms with van der Waals surface area (Å²) in [4.78, 5) is 4.65. The summed E-state index contributed by atoms with van der Waals surface area (Å²) >= 11 is 0. The Kier molecular flexibility index (Phi) is 4.41. The van der Waals surface area contributed by atoms with E-state index in [2.05, 4.69) is 34.4 Å². The van der Waals surface area contributed by atoms with Crippen LogP contribution in [0.2, 0.25) is 0 Å². The van der Waals surface area contributed by atoms with Crippen LogP contribution in [0, 0.1) is 0 Å². The Labute approximate surface area is 114 Å². The Bertz CT molecular complexity index is 420. The molecule has 1 fully saturated rings. The number of piperazine rings is 1. The van der Waals surface area contributed by atoms with Crippen molar-refractivity contribution in [1.29, 1.82) is 0 Å². The van der Waals surface area contributed by atoms with Gasteiger partial charge in [-0.1, -0.05) is 0 Å². The first kappa shape index (κ1) is 14.3. The number of aryl methyl sites for hydroxylation is 1. The normalized spacial score (nSPS) is 23.5. The maximum atomic E-state index is 5.80. The topological polar surface area (TPSA) is 71.6 Å². The highest BCUT2D eigenvalue weighted by Crippen LogP contribution is 2.29. The molecule has 0 saturated carbocycles. The van der Waals surface area contributed by atoms with Crippen molar-refractivity contribution >= 4 is 0 Å². The van der Waals surface area contributed by atoms with Crippen LogP contribution in [0.1, 0.15) is 11.7 Å². The fourth-order valence-corrected chi connectivity index (χ4v) is 2.72. The molecule has 3 N–H and O–H groups in total. The summed E-state index contributed by atoms with van der Waals surface area (Å²) in [5.41, 5.74) is 3.92. The second-order valence-electron chi connectivity index (χ2n) is 5.18. The highest BCUT2D eigenvalue weighted by Gasteiger charge is 2.33. The smallest absolute Gasteiger partial charge is 0.161 e. The minimum Gasteiger partial charge on any atom is -0.493 e. The largest absolute Gasteiger partial charge is 0.493 e. The molecule has 0 aromatic carbocycles. The Morgan fingerprint density at radius 2 is 2.16 bits per heavy atom. The molecule has 2 atom stereocenters. The molecule has 2 rings (SSSR count). The SMILES string of the molecule is COc1cnn(C)c1C(NN)C1CN(C)CCN1C. The molecular formula is C12H24N6O. The van der Waals surface area contributed by atoms with Crippen LogP contribution in [-0.4, -0.2) is 66.5 Å². The van der Waals surface area contributed by atoms with Gasteiger partial charge in [0.25, 0.3) is 0 Å². The lowest BCUT2D eigenvalue weighted by Crippen LogP contribution is -2.56. The van der Waals surface area contributed by atoms with Gasteiger partial charge in [0.2, 0.25) is 0 Å². The highest BCUT2D eigenvalue weighted by atomic mass is 16.5. The average Bonchev–Trinajstić information content (AvgIpc) is 2.76. The fourth-order valence-electron chi connectivity index (χ4n) is 2.72. The van der Waals surface area contributed by atoms with Crippen LogP contribution < -0.4 is 16.0 Å². The number of methoxy groups -OCH3 is 1. The summed E-state index contributed by atoms with van der Waals surface area (Å²) in [5, 5.41) is 4.26. The zero-order valence-electron chi connectivity index (χ0n) is 12.1. The molecule has 19 heavy (non-hydrogen) atoms. The van der Waals surface area contributed by atoms with Crippen molar-refractivity contribution in [3.05, 3.63) is 11.9 Å². The van der Waals surface area contributed by atoms with Gasteiger partial charge in [-0.3, -0.25) is 15.4 Å². The zero-order valence-corrected chi connectivity index (χ0v) is 12.1. The van der Waals surface area contributed by atoms with Gasteiger partial charge in [0, 0.05) is 32.7 Å². The fraction of sp³-hybridized carbons (Fsp3) is 0.750. The monoisotopic (exact) mass is 268 g/mol. The standard InChI is InChI=1S/C12H24N6O/c1-16-5-6-17(2)9(8-16)11(15-13)12-10(19-4)7-14-18(12)3/h7,9,11,15H,5-6,8,13H2,1-4H3. The van der Waals surface area contributed by atoms with Gasteiger partial charge in [-0.25, -0.2) is 5.43 Å². The van der Waals surface area contributed by atoms with E-state index in [0.29, 0.717) is 0 Å². The van der Waals surface area contributed by atoms with Gasteiger partial charge in [-0.15, -0.1) is 0 Å². The molecule has 108 valence electrons. The molecule has 2 unspecified atom stereocenters. The van der Waals surface area contributed by atoms with Crippen LogP contribution >= 0.6 is 0 Å². The molecule has 1 aliphatic rings. The van der Waals surface area contributed by atoms with E-state index in [1.54, 1.807) is 13.3 Å². The maximum Gasteiger partial charge on any atom is 0.161 e. The predicted molar refractivity (Wildman–Crippen MR) is 73.7 cm³/mol. The number of hydrogen-bond donors (Lipinski definition) is 2. The molecule has 1 aromatic rings. The quantitative estimate of drug-likeness (QED) is 0.549. The molecule has 2 heterocycles. The van der Waals surface area contributed by atoms with Crippen LogP contribution in [0.15, 0.2) is 6.20 Å². The third kappa shape index (κ3) is 2.74. The third-order valence-corrected chi connectivity index (χ3v) is 3.93. The Morgan fingerprint density at radius 3 is 2.79 bits per heavy atom. The molecule has 0 radical (unpaired) electrons. The number of ether oxygens (including phenoxy) is 1. The van der Waals surface area contributed by atoms with Gasteiger partial charge in [0.15, 0.2) is 5.75 Å². The predicted octanol–water partition coefficient (Wildman–Crippen LogP) is -0.821. The Morgan fingerprint density at radius 1 is 1.42 bits per heavy atom. The number of hydrazine groups is 1. The maximum absolute atomic E-state index is 5.80. The van der Waals surface area contributed by atoms with Crippen LogP contribution in [0.25, 0.3) is 0 Å². The van der Waals surface area contributed by atoms with Crippen molar-refractivity contribution in [2.24, 2.45) is 12.9 Å². The van der Waals surface area contributed by atoms with E-state index >= 15 is 0 Å². The van der Waals surface area contributed by atoms with E-state index in [0.717, 1.165) is 31.1 Å². The van der Waals surface area contributed by atoms with Crippen molar-refractivity contribution in [3.63, 3.8) is 0 Å². The average molecular weight is 268 g/mol. The van der Waals surface area contributed by atoms with E-state index < -0.39 is 0 Å². The van der Waals surface area contributed by atoms with Crippen LogP contribution in [0.3, 0.4) is 0 Å². The first-order valence-corrected chi connectivity index (χ1v) is 6.49. The minimum atomic E-state index is -0.0183. The molecule has 0 spiro atoms. The lowest BCUT2D eigenvalue weighted by atomic mass is 10.0. The highest BCUT2D eigenvalue weighted by molar-refractivity contribution is 5.29. The number of likely N-dealkylation sites (N-methyl/N-ethyl adjacent to an activating group) is 2. The molecule has 0 aliphatic carbocycles. The molecule has 1 saturated heterocycles. The van der Waals surface area contributed by atoms with Gasteiger partial charge in [-0.05, 0) is 14.1 Å². The number of nitrogens with zero attached hydrogens (tertiary/aromatic N) is 4. The van der Waals surface area contributed by atoms with Gasteiger partial charge < -0.3 is 9.64 Å². The molecule has 1 aromatic heterocycles. The van der Waals surface area contributed by atoms with Crippen LogP contribution in [0.4, 0.5) is 0 Å². The lowest BCUT2D eigenvalue weighted by molar-refractivity contribution is 0.0847. The van der Waals surface area contributed by atoms with Crippen molar-refractivity contribution in [3.8, 4) is 5.75 Å². The van der Waals surface area contributed by atoms with Crippen molar-refractivity contribution in [2.75, 3.05) is 40.8 Å². The van der Waals surface area contributed by atoms with Gasteiger partial charge in [0.05, 0.1) is 25.0 Å². The van der Waals surface area contributed by atoms with Gasteiger partial charge in [0.1, 0.15) is 0 Å². The number of nitrogens with two attached hydrogens (primary N) is 1. The van der Waals surface area contributed by atoms with E-state index in [-0.39, 0.29) is 12.1 Å². The first-order chi connectivity index (χ1) is 9.08. The summed E-state index contributed by atoms with van der Waals surface area (Å²) < 4.78 is 7.22. The van der Waals surface area contributed by atoms with E-state index in [1.807, 2.05) is 11.7 Å². The second-order valence-corrected chi connectivity index (χ2v) is 5.18. The van der Waals surface area contributed by atoms with E-state index in [9.17, 15) is 0 Å². The minimum absolute atomic E-state index is 0.0183. The molecule has 0 amide bonds. The number of rotatable bonds is 4. The third-order valence-electron chi connectivity index (χ3n) is 3.93. The van der Waals surface area contributed by atoms with Crippen LogP contribution in [0.5, 0.6) is 5.75 Å². The Balaban J connectivity index is 2.30. The van der Waals surface area contributed by atoms with E-state index in [4.69, 9.17) is 10.6 Å². The van der Waals surface area contributed by atoms with Crippen molar-refractivity contribution in [1.82, 2.24) is 25.0 Å². The van der Waals surface area contributed by atoms with Gasteiger partial charge >= 0.3 is 0 Å². The molecule has 1 aliphatic heterocycles. The lowest BCUT2D eigenvalue weighted by Gasteiger charge is -2.41. The summed E-state index contributed by atoms with van der Waals surface area (Å²) in [5.74, 6) is 6.57. The molecule has 7 heteroatoms. The number of nitrogens with one attached hydrogen (secondary N) is 1. The summed E-state index contributed by atoms with van der Waals surface area (Å²) in [6, 6.07) is 0.267. The molecular weight excluding hydrogens is 244 g/mol. The molecule has 0 bridgehead atoms. The summed E-state index contributed by atoms with van der Waals surface area (Å²) in [6.07, 6.45) is 1.73.